The molecule has 35 heavy (non-hydrogen) atoms. The van der Waals surface area contributed by atoms with Gasteiger partial charge in [-0.1, -0.05) is 72.8 Å². The van der Waals surface area contributed by atoms with Crippen molar-refractivity contribution in [1.82, 2.24) is 5.32 Å². The molecule has 8 heteroatoms. The molecule has 2 amide bonds. The summed E-state index contributed by atoms with van der Waals surface area (Å²) in [5, 5.41) is 5.10. The molecule has 0 aliphatic heterocycles. The van der Waals surface area contributed by atoms with Crippen LogP contribution in [0.4, 0.5) is 10.5 Å². The van der Waals surface area contributed by atoms with Crippen LogP contribution in [0.3, 0.4) is 0 Å². The smallest absolute Gasteiger partial charge is 0.408 e. The number of nitrogens with one attached hydrogen (secondary N) is 2. The largest absolute Gasteiger partial charge is 0.454 e. The number of carbonyl (C=O) groups is 4. The number of benzene rings is 3. The second kappa shape index (κ2) is 12.7. The molecule has 8 nitrogen and oxygen atoms in total. The van der Waals surface area contributed by atoms with Crippen molar-refractivity contribution in [1.29, 1.82) is 0 Å². The highest BCUT2D eigenvalue weighted by Gasteiger charge is 2.24. The summed E-state index contributed by atoms with van der Waals surface area (Å²) in [5.41, 5.74) is 2.45. The Morgan fingerprint density at radius 2 is 1.46 bits per heavy atom. The molecule has 180 valence electrons. The first-order chi connectivity index (χ1) is 16.9. The Morgan fingerprint density at radius 3 is 2.11 bits per heavy atom. The summed E-state index contributed by atoms with van der Waals surface area (Å²) >= 11 is 0. The number of ketones is 1. The SMILES string of the molecule is CC(=O)c1cccc(NC(=O)COC(=O)C(Cc2ccccc2)NC(=O)OCc2ccccc2)c1. The Labute approximate surface area is 203 Å². The topological polar surface area (TPSA) is 111 Å². The highest BCUT2D eigenvalue weighted by Crippen LogP contribution is 2.11. The molecular formula is C27H26N2O6. The Morgan fingerprint density at radius 1 is 0.800 bits per heavy atom. The van der Waals surface area contributed by atoms with Crippen LogP contribution in [0.5, 0.6) is 0 Å². The van der Waals surface area contributed by atoms with Gasteiger partial charge in [0.05, 0.1) is 0 Å². The summed E-state index contributed by atoms with van der Waals surface area (Å²) in [4.78, 5) is 48.9. The first kappa shape index (κ1) is 25.2. The summed E-state index contributed by atoms with van der Waals surface area (Å²) in [6.45, 7) is 0.907. The number of hydrogen-bond acceptors (Lipinski definition) is 6. The van der Waals surface area contributed by atoms with Crippen LogP contribution in [0.1, 0.15) is 28.4 Å². The van der Waals surface area contributed by atoms with E-state index < -0.39 is 30.6 Å². The number of ether oxygens (including phenoxy) is 2. The number of Topliss-reactive ketones (excluding diaryl/α,β-unsaturated/α-hetero) is 1. The predicted octanol–water partition coefficient (Wildman–Crippen LogP) is 3.91. The Kier molecular flexibility index (Phi) is 9.13. The number of anilines is 1. The zero-order valence-corrected chi connectivity index (χ0v) is 19.2. The van der Waals surface area contributed by atoms with E-state index >= 15 is 0 Å². The molecule has 0 aliphatic rings. The van der Waals surface area contributed by atoms with Crippen LogP contribution in [0.25, 0.3) is 0 Å². The monoisotopic (exact) mass is 474 g/mol. The molecular weight excluding hydrogens is 448 g/mol. The van der Waals surface area contributed by atoms with Gasteiger partial charge in [-0.15, -0.1) is 0 Å². The molecule has 3 aromatic carbocycles. The first-order valence-electron chi connectivity index (χ1n) is 11.0. The first-order valence-corrected chi connectivity index (χ1v) is 11.0. The second-order valence-corrected chi connectivity index (χ2v) is 7.74. The van der Waals surface area contributed by atoms with E-state index in [0.29, 0.717) is 11.3 Å². The van der Waals surface area contributed by atoms with Crippen LogP contribution in [0.15, 0.2) is 84.9 Å². The summed E-state index contributed by atoms with van der Waals surface area (Å²) in [7, 11) is 0. The van der Waals surface area contributed by atoms with Gasteiger partial charge in [-0.3, -0.25) is 9.59 Å². The van der Waals surface area contributed by atoms with Crippen molar-refractivity contribution >= 4 is 29.4 Å². The molecule has 0 bridgehead atoms. The molecule has 1 atom stereocenters. The van der Waals surface area contributed by atoms with Crippen molar-refractivity contribution in [3.05, 3.63) is 102 Å². The third kappa shape index (κ3) is 8.43. The lowest BCUT2D eigenvalue weighted by Gasteiger charge is -2.18. The molecule has 0 aliphatic carbocycles. The minimum atomic E-state index is -1.06. The quantitative estimate of drug-likeness (QED) is 0.341. The number of hydrogen-bond donors (Lipinski definition) is 2. The van der Waals surface area contributed by atoms with Crippen LogP contribution >= 0.6 is 0 Å². The van der Waals surface area contributed by atoms with Gasteiger partial charge >= 0.3 is 12.1 Å². The summed E-state index contributed by atoms with van der Waals surface area (Å²) in [6, 6.07) is 23.6. The summed E-state index contributed by atoms with van der Waals surface area (Å²) in [5.74, 6) is -1.50. The number of alkyl carbamates (subject to hydrolysis) is 1. The summed E-state index contributed by atoms with van der Waals surface area (Å²) < 4.78 is 10.4. The highest BCUT2D eigenvalue weighted by molar-refractivity contribution is 5.97. The van der Waals surface area contributed by atoms with E-state index in [0.717, 1.165) is 11.1 Å². The normalized spacial score (nSPS) is 11.1. The van der Waals surface area contributed by atoms with E-state index in [-0.39, 0.29) is 18.8 Å². The minimum Gasteiger partial charge on any atom is -0.454 e. The number of esters is 1. The maximum Gasteiger partial charge on any atom is 0.408 e. The van der Waals surface area contributed by atoms with E-state index in [2.05, 4.69) is 10.6 Å². The molecule has 3 aromatic rings. The van der Waals surface area contributed by atoms with Crippen molar-refractivity contribution in [2.45, 2.75) is 26.0 Å². The molecule has 0 saturated heterocycles. The standard InChI is InChI=1S/C27H26N2O6/c1-19(30)22-13-8-14-23(16-22)28-25(31)18-34-26(32)24(15-20-9-4-2-5-10-20)29-27(33)35-17-21-11-6-3-7-12-21/h2-14,16,24H,15,17-18H2,1H3,(H,28,31)(H,29,33). The lowest BCUT2D eigenvalue weighted by molar-refractivity contribution is -0.149. The van der Waals surface area contributed by atoms with E-state index in [1.807, 2.05) is 60.7 Å². The van der Waals surface area contributed by atoms with Crippen molar-refractivity contribution in [3.63, 3.8) is 0 Å². The van der Waals surface area contributed by atoms with Gasteiger partial charge in [0.1, 0.15) is 12.6 Å². The fourth-order valence-corrected chi connectivity index (χ4v) is 3.20. The molecule has 3 rings (SSSR count). The predicted molar refractivity (Wildman–Crippen MR) is 130 cm³/mol. The number of amides is 2. The number of rotatable bonds is 10. The highest BCUT2D eigenvalue weighted by atomic mass is 16.6. The van der Waals surface area contributed by atoms with Crippen molar-refractivity contribution < 1.29 is 28.7 Å². The average Bonchev–Trinajstić information content (AvgIpc) is 2.87. The molecule has 2 N–H and O–H groups in total. The third-order valence-electron chi connectivity index (χ3n) is 4.97. The van der Waals surface area contributed by atoms with Gasteiger partial charge in [0, 0.05) is 17.7 Å². The van der Waals surface area contributed by atoms with Crippen molar-refractivity contribution in [3.8, 4) is 0 Å². The van der Waals surface area contributed by atoms with Gasteiger partial charge in [0.2, 0.25) is 0 Å². The molecule has 0 saturated carbocycles. The van der Waals surface area contributed by atoms with E-state index in [4.69, 9.17) is 9.47 Å². The number of carbonyl (C=O) groups excluding carboxylic acids is 4. The van der Waals surface area contributed by atoms with E-state index in [1.54, 1.807) is 18.2 Å². The minimum absolute atomic E-state index is 0.0432. The molecule has 1 unspecified atom stereocenters. The van der Waals surface area contributed by atoms with Crippen molar-refractivity contribution in [2.75, 3.05) is 11.9 Å². The Bertz CT molecular complexity index is 1160. The Balaban J connectivity index is 1.58. The Hall–Kier alpha value is -4.46. The van der Waals surface area contributed by atoms with E-state index in [9.17, 15) is 19.2 Å². The lowest BCUT2D eigenvalue weighted by atomic mass is 10.1. The molecule has 0 spiro atoms. The average molecular weight is 475 g/mol. The molecule has 0 radical (unpaired) electrons. The maximum absolute atomic E-state index is 12.7. The fourth-order valence-electron chi connectivity index (χ4n) is 3.20. The molecule has 0 heterocycles. The van der Waals surface area contributed by atoms with Gasteiger partial charge in [-0.25, -0.2) is 9.59 Å². The van der Waals surface area contributed by atoms with Gasteiger partial charge < -0.3 is 20.1 Å². The van der Waals surface area contributed by atoms with Crippen LogP contribution in [0, 0.1) is 0 Å². The zero-order valence-electron chi connectivity index (χ0n) is 19.2. The lowest BCUT2D eigenvalue weighted by Crippen LogP contribution is -2.44. The third-order valence-corrected chi connectivity index (χ3v) is 4.97. The zero-order chi connectivity index (χ0) is 25.0. The van der Waals surface area contributed by atoms with Gasteiger partial charge in [-0.2, -0.15) is 0 Å². The summed E-state index contributed by atoms with van der Waals surface area (Å²) in [6.07, 6.45) is -0.625. The maximum atomic E-state index is 12.7. The second-order valence-electron chi connectivity index (χ2n) is 7.74. The van der Waals surface area contributed by atoms with Gasteiger partial charge in [0.15, 0.2) is 12.4 Å². The van der Waals surface area contributed by atoms with Gasteiger partial charge in [0.25, 0.3) is 5.91 Å². The van der Waals surface area contributed by atoms with Crippen LogP contribution in [-0.2, 0) is 32.1 Å². The van der Waals surface area contributed by atoms with Crippen molar-refractivity contribution in [2.24, 2.45) is 0 Å². The van der Waals surface area contributed by atoms with Crippen LogP contribution < -0.4 is 10.6 Å². The molecule has 0 aromatic heterocycles. The fraction of sp³-hybridized carbons (Fsp3) is 0.185. The van der Waals surface area contributed by atoms with Gasteiger partial charge in [-0.05, 0) is 30.2 Å². The molecule has 0 fully saturated rings. The van der Waals surface area contributed by atoms with Crippen LogP contribution in [-0.4, -0.2) is 36.4 Å². The van der Waals surface area contributed by atoms with Crippen LogP contribution in [0.2, 0.25) is 0 Å². The van der Waals surface area contributed by atoms with E-state index in [1.165, 1.54) is 13.0 Å².